The Morgan fingerprint density at radius 2 is 1.33 bits per heavy atom. The molecule has 0 aromatic rings. The average Bonchev–Trinajstić information content (AvgIpc) is 2.25. The van der Waals surface area contributed by atoms with Crippen molar-refractivity contribution in [1.29, 1.82) is 0 Å². The lowest BCUT2D eigenvalue weighted by Gasteiger charge is -1.87. The number of hydrogen-bond donors (Lipinski definition) is 0. The molecule has 3 heteroatoms. The molecule has 0 amide bonds. The van der Waals surface area contributed by atoms with Crippen LogP contribution in [0.15, 0.2) is 0 Å². The molecule has 0 aromatic carbocycles. The van der Waals surface area contributed by atoms with Crippen LogP contribution in [0.5, 0.6) is 0 Å². The second-order valence-electron chi connectivity index (χ2n) is 0.930. The van der Waals surface area contributed by atoms with Crippen molar-refractivity contribution in [3.05, 3.63) is 0 Å². The summed E-state index contributed by atoms with van der Waals surface area (Å²) in [7, 11) is 2.31. The standard InChI is InChI=1S/C3H8O2Si.3C2H6/c1-5-3(4)2-6;3*1-2/h2H2,1,6H3;3*1-2H3. The van der Waals surface area contributed by atoms with Gasteiger partial charge in [0.1, 0.15) is 0 Å². The monoisotopic (exact) mass is 194 g/mol. The van der Waals surface area contributed by atoms with Crippen LogP contribution in [0.25, 0.3) is 0 Å². The molecule has 0 unspecified atom stereocenters. The average molecular weight is 194 g/mol. The fraction of sp³-hybridized carbons (Fsp3) is 0.889. The van der Waals surface area contributed by atoms with Gasteiger partial charge in [-0.3, -0.25) is 4.79 Å². The first-order chi connectivity index (χ1) is 5.81. The van der Waals surface area contributed by atoms with E-state index in [1.54, 1.807) is 0 Å². The second kappa shape index (κ2) is 45.7. The summed E-state index contributed by atoms with van der Waals surface area (Å²) in [5.41, 5.74) is 0. The normalized spacial score (nSPS) is 5.58. The van der Waals surface area contributed by atoms with Crippen LogP contribution in [0.1, 0.15) is 41.5 Å². The molecule has 2 nitrogen and oxygen atoms in total. The lowest BCUT2D eigenvalue weighted by Crippen LogP contribution is -1.96. The van der Waals surface area contributed by atoms with Gasteiger partial charge in [0.05, 0.1) is 7.11 Å². The first kappa shape index (κ1) is 22.6. The highest BCUT2D eigenvalue weighted by atomic mass is 28.1. The maximum absolute atomic E-state index is 9.99. The van der Waals surface area contributed by atoms with Crippen LogP contribution >= 0.6 is 0 Å². The molecule has 0 aromatic heterocycles. The molecule has 0 saturated heterocycles. The van der Waals surface area contributed by atoms with Gasteiger partial charge < -0.3 is 4.74 Å². The van der Waals surface area contributed by atoms with Gasteiger partial charge in [-0.2, -0.15) is 0 Å². The zero-order valence-electron chi connectivity index (χ0n) is 10.0. The predicted molar refractivity (Wildman–Crippen MR) is 60.8 cm³/mol. The van der Waals surface area contributed by atoms with Crippen molar-refractivity contribution in [2.75, 3.05) is 7.11 Å². The Kier molecular flexibility index (Phi) is 85.9. The SMILES string of the molecule is CC.CC.CC.COC(=O)C[SiH3]. The summed E-state index contributed by atoms with van der Waals surface area (Å²) < 4.78 is 4.30. The molecule has 78 valence electrons. The minimum Gasteiger partial charge on any atom is -0.469 e. The van der Waals surface area contributed by atoms with Crippen molar-refractivity contribution in [3.8, 4) is 0 Å². The fourth-order valence-electron chi connectivity index (χ4n) is 0.144. The number of methoxy groups -OCH3 is 1. The Bertz CT molecular complexity index is 50.5. The number of carbonyl (C=O) groups is 1. The third kappa shape index (κ3) is 53.8. The highest BCUT2D eigenvalue weighted by Gasteiger charge is 1.87. The number of rotatable bonds is 1. The number of esters is 1. The third-order valence-corrected chi connectivity index (χ3v) is 1.09. The van der Waals surface area contributed by atoms with Crippen molar-refractivity contribution < 1.29 is 9.53 Å². The molecular weight excluding hydrogens is 168 g/mol. The highest BCUT2D eigenvalue weighted by molar-refractivity contribution is 6.18. The van der Waals surface area contributed by atoms with Gasteiger partial charge in [-0.05, 0) is 0 Å². The van der Waals surface area contributed by atoms with Crippen molar-refractivity contribution in [1.82, 2.24) is 0 Å². The molecular formula is C9H26O2Si. The van der Waals surface area contributed by atoms with Gasteiger partial charge in [0, 0.05) is 16.3 Å². The Morgan fingerprint density at radius 3 is 1.33 bits per heavy atom. The van der Waals surface area contributed by atoms with Crippen LogP contribution in [-0.2, 0) is 9.53 Å². The summed E-state index contributed by atoms with van der Waals surface area (Å²) in [5, 5.41) is 0. The summed E-state index contributed by atoms with van der Waals surface area (Å²) in [4.78, 5) is 9.99. The number of ether oxygens (including phenoxy) is 1. The molecule has 0 atom stereocenters. The molecule has 0 rings (SSSR count). The molecule has 0 aliphatic carbocycles. The van der Waals surface area contributed by atoms with Crippen molar-refractivity contribution in [3.63, 3.8) is 0 Å². The summed E-state index contributed by atoms with van der Waals surface area (Å²) in [6, 6.07) is 0.608. The van der Waals surface area contributed by atoms with Gasteiger partial charge in [-0.25, -0.2) is 0 Å². The van der Waals surface area contributed by atoms with Crippen LogP contribution in [0.2, 0.25) is 6.04 Å². The zero-order valence-corrected chi connectivity index (χ0v) is 12.0. The predicted octanol–water partition coefficient (Wildman–Crippen LogP) is 2.02. The molecule has 0 aliphatic heterocycles. The van der Waals surface area contributed by atoms with Crippen LogP contribution in [-0.4, -0.2) is 23.3 Å². The molecule has 0 spiro atoms. The van der Waals surface area contributed by atoms with E-state index < -0.39 is 0 Å². The Labute approximate surface area is 81.1 Å². The van der Waals surface area contributed by atoms with E-state index in [9.17, 15) is 4.79 Å². The van der Waals surface area contributed by atoms with Gasteiger partial charge in [0.15, 0.2) is 0 Å². The number of carbonyl (C=O) groups excluding carboxylic acids is 1. The highest BCUT2D eigenvalue weighted by Crippen LogP contribution is 1.73. The van der Waals surface area contributed by atoms with Crippen molar-refractivity contribution >= 4 is 16.2 Å². The lowest BCUT2D eigenvalue weighted by atomic mass is 10.8. The molecule has 0 radical (unpaired) electrons. The molecule has 0 aliphatic rings. The lowest BCUT2D eigenvalue weighted by molar-refractivity contribution is -0.137. The largest absolute Gasteiger partial charge is 0.469 e. The topological polar surface area (TPSA) is 26.3 Å². The van der Waals surface area contributed by atoms with Crippen molar-refractivity contribution in [2.45, 2.75) is 47.6 Å². The van der Waals surface area contributed by atoms with Crippen LogP contribution in [0.4, 0.5) is 0 Å². The Morgan fingerprint density at radius 1 is 1.08 bits per heavy atom. The summed E-state index contributed by atoms with van der Waals surface area (Å²) >= 11 is 0. The minimum absolute atomic E-state index is 0.0957. The number of hydrogen-bond acceptors (Lipinski definition) is 2. The molecule has 0 saturated carbocycles. The van der Waals surface area contributed by atoms with Crippen molar-refractivity contribution in [2.24, 2.45) is 0 Å². The third-order valence-electron chi connectivity index (χ3n) is 0.516. The van der Waals surface area contributed by atoms with E-state index in [0.717, 1.165) is 10.2 Å². The van der Waals surface area contributed by atoms with E-state index in [0.29, 0.717) is 6.04 Å². The summed E-state index contributed by atoms with van der Waals surface area (Å²) in [5.74, 6) is -0.0957. The summed E-state index contributed by atoms with van der Waals surface area (Å²) in [6.45, 7) is 12.0. The zero-order chi connectivity index (χ0) is 11.0. The molecule has 0 bridgehead atoms. The van der Waals surface area contributed by atoms with Gasteiger partial charge in [-0.15, -0.1) is 0 Å². The van der Waals surface area contributed by atoms with E-state index >= 15 is 0 Å². The van der Waals surface area contributed by atoms with E-state index in [4.69, 9.17) is 0 Å². The molecule has 0 N–H and O–H groups in total. The Hall–Kier alpha value is -0.313. The fourth-order valence-corrected chi connectivity index (χ4v) is 0.433. The van der Waals surface area contributed by atoms with E-state index in [-0.39, 0.29) is 5.97 Å². The van der Waals surface area contributed by atoms with Gasteiger partial charge in [0.2, 0.25) is 0 Å². The van der Waals surface area contributed by atoms with E-state index in [2.05, 4.69) is 4.74 Å². The molecule has 12 heavy (non-hydrogen) atoms. The maximum atomic E-state index is 9.99. The van der Waals surface area contributed by atoms with Gasteiger partial charge in [-0.1, -0.05) is 41.5 Å². The molecule has 0 heterocycles. The van der Waals surface area contributed by atoms with Crippen LogP contribution in [0, 0.1) is 0 Å². The Balaban J connectivity index is -0.0000000453. The van der Waals surface area contributed by atoms with E-state index in [1.165, 1.54) is 7.11 Å². The molecule has 0 fully saturated rings. The smallest absolute Gasteiger partial charge is 0.301 e. The maximum Gasteiger partial charge on any atom is 0.301 e. The van der Waals surface area contributed by atoms with E-state index in [1.807, 2.05) is 41.5 Å². The quantitative estimate of drug-likeness (QED) is 0.471. The minimum atomic E-state index is -0.0957. The second-order valence-corrected chi connectivity index (χ2v) is 1.64. The summed E-state index contributed by atoms with van der Waals surface area (Å²) in [6.07, 6.45) is 0. The van der Waals surface area contributed by atoms with Gasteiger partial charge >= 0.3 is 5.97 Å². The first-order valence-corrected chi connectivity index (χ1v) is 6.29. The van der Waals surface area contributed by atoms with Gasteiger partial charge in [0.25, 0.3) is 0 Å². The van der Waals surface area contributed by atoms with Crippen LogP contribution in [0.3, 0.4) is 0 Å². The van der Waals surface area contributed by atoms with Crippen LogP contribution < -0.4 is 0 Å². The first-order valence-electron chi connectivity index (χ1n) is 4.88.